The number of aryl methyl sites for hydroxylation is 1. The molecule has 3 atom stereocenters. The van der Waals surface area contributed by atoms with E-state index in [-0.39, 0.29) is 0 Å². The zero-order valence-electron chi connectivity index (χ0n) is 11.5. The highest BCUT2D eigenvalue weighted by Crippen LogP contribution is 2.29. The van der Waals surface area contributed by atoms with Crippen molar-refractivity contribution in [1.29, 1.82) is 0 Å². The van der Waals surface area contributed by atoms with Gasteiger partial charge in [-0.2, -0.15) is 0 Å². The first-order valence-corrected chi connectivity index (χ1v) is 7.31. The van der Waals surface area contributed by atoms with E-state index in [1.54, 1.807) is 0 Å². The second-order valence-electron chi connectivity index (χ2n) is 5.89. The Morgan fingerprint density at radius 2 is 2.06 bits per heavy atom. The van der Waals surface area contributed by atoms with Gasteiger partial charge in [-0.05, 0) is 50.8 Å². The van der Waals surface area contributed by atoms with E-state index < -0.39 is 0 Å². The van der Waals surface area contributed by atoms with Crippen LogP contribution in [-0.2, 0) is 0 Å². The molecule has 0 saturated carbocycles. The third kappa shape index (κ3) is 2.19. The van der Waals surface area contributed by atoms with Crippen molar-refractivity contribution < 1.29 is 0 Å². The summed E-state index contributed by atoms with van der Waals surface area (Å²) in [6, 6.07) is 10.7. The summed E-state index contributed by atoms with van der Waals surface area (Å²) < 4.78 is 0. The van der Waals surface area contributed by atoms with E-state index in [2.05, 4.69) is 48.3 Å². The van der Waals surface area contributed by atoms with Crippen molar-refractivity contribution in [3.05, 3.63) is 35.4 Å². The van der Waals surface area contributed by atoms with Crippen molar-refractivity contribution in [2.45, 2.75) is 51.2 Å². The third-order valence-corrected chi connectivity index (χ3v) is 4.73. The Kier molecular flexibility index (Phi) is 3.40. The summed E-state index contributed by atoms with van der Waals surface area (Å²) in [6.45, 7) is 7.13. The standard InChI is InChI=1S/C16H24N2/c1-12-6-3-4-7-14(12)13(2)17-15-9-11-18-10-5-8-16(15)18/h3-4,6-7,13,15-17H,5,8-11H2,1-2H3/t13-,15?,16?/m0/s1. The van der Waals surface area contributed by atoms with Crippen molar-refractivity contribution in [3.63, 3.8) is 0 Å². The van der Waals surface area contributed by atoms with Crippen LogP contribution >= 0.6 is 0 Å². The summed E-state index contributed by atoms with van der Waals surface area (Å²) >= 11 is 0. The average molecular weight is 244 g/mol. The van der Waals surface area contributed by atoms with Gasteiger partial charge in [0, 0.05) is 24.7 Å². The van der Waals surface area contributed by atoms with Gasteiger partial charge in [0.2, 0.25) is 0 Å². The summed E-state index contributed by atoms with van der Waals surface area (Å²) in [6.07, 6.45) is 4.10. The highest BCUT2D eigenvalue weighted by molar-refractivity contribution is 5.28. The van der Waals surface area contributed by atoms with Gasteiger partial charge in [-0.15, -0.1) is 0 Å². The number of nitrogens with one attached hydrogen (secondary N) is 1. The molecule has 0 amide bonds. The van der Waals surface area contributed by atoms with Gasteiger partial charge in [0.1, 0.15) is 0 Å². The van der Waals surface area contributed by atoms with Gasteiger partial charge in [-0.25, -0.2) is 0 Å². The molecule has 1 aromatic carbocycles. The van der Waals surface area contributed by atoms with Crippen molar-refractivity contribution in [2.24, 2.45) is 0 Å². The Labute approximate surface area is 110 Å². The normalized spacial score (nSPS) is 29.4. The van der Waals surface area contributed by atoms with Crippen LogP contribution in [0.4, 0.5) is 0 Å². The van der Waals surface area contributed by atoms with Crippen LogP contribution < -0.4 is 5.32 Å². The number of hydrogen-bond acceptors (Lipinski definition) is 2. The van der Waals surface area contributed by atoms with Crippen LogP contribution in [0.15, 0.2) is 24.3 Å². The molecule has 1 N–H and O–H groups in total. The predicted octanol–water partition coefficient (Wildman–Crippen LogP) is 2.88. The molecule has 2 saturated heterocycles. The molecule has 0 aromatic heterocycles. The molecule has 98 valence electrons. The lowest BCUT2D eigenvalue weighted by molar-refractivity contribution is 0.291. The summed E-state index contributed by atoms with van der Waals surface area (Å²) in [5.41, 5.74) is 2.85. The van der Waals surface area contributed by atoms with Gasteiger partial charge < -0.3 is 5.32 Å². The third-order valence-electron chi connectivity index (χ3n) is 4.73. The molecule has 2 unspecified atom stereocenters. The fraction of sp³-hybridized carbons (Fsp3) is 0.625. The van der Waals surface area contributed by atoms with E-state index in [1.165, 1.54) is 43.5 Å². The molecule has 2 aliphatic rings. The van der Waals surface area contributed by atoms with E-state index in [1.807, 2.05) is 0 Å². The maximum Gasteiger partial charge on any atom is 0.0297 e. The summed E-state index contributed by atoms with van der Waals surface area (Å²) in [5, 5.41) is 3.87. The predicted molar refractivity (Wildman–Crippen MR) is 75.7 cm³/mol. The number of fused-ring (bicyclic) bond motifs is 1. The van der Waals surface area contributed by atoms with E-state index in [9.17, 15) is 0 Å². The lowest BCUT2D eigenvalue weighted by Crippen LogP contribution is -2.40. The molecular weight excluding hydrogens is 220 g/mol. The van der Waals surface area contributed by atoms with E-state index in [4.69, 9.17) is 0 Å². The van der Waals surface area contributed by atoms with Crippen molar-refractivity contribution >= 4 is 0 Å². The van der Waals surface area contributed by atoms with Crippen molar-refractivity contribution in [3.8, 4) is 0 Å². The number of benzene rings is 1. The van der Waals surface area contributed by atoms with E-state index in [0.717, 1.165) is 6.04 Å². The minimum Gasteiger partial charge on any atom is -0.306 e. The second kappa shape index (κ2) is 5.02. The molecule has 0 radical (unpaired) electrons. The zero-order chi connectivity index (χ0) is 12.5. The molecular formula is C16H24N2. The van der Waals surface area contributed by atoms with E-state index >= 15 is 0 Å². The maximum atomic E-state index is 3.87. The van der Waals surface area contributed by atoms with Crippen LogP contribution in [0.1, 0.15) is 43.4 Å². The highest BCUT2D eigenvalue weighted by atomic mass is 15.2. The first kappa shape index (κ1) is 12.2. The van der Waals surface area contributed by atoms with Crippen LogP contribution in [0.5, 0.6) is 0 Å². The SMILES string of the molecule is Cc1ccccc1[C@H](C)NC1CCN2CCCC12. The molecule has 1 aromatic rings. The summed E-state index contributed by atoms with van der Waals surface area (Å²) in [4.78, 5) is 2.67. The number of rotatable bonds is 3. The topological polar surface area (TPSA) is 15.3 Å². The molecule has 2 nitrogen and oxygen atoms in total. The molecule has 0 bridgehead atoms. The quantitative estimate of drug-likeness (QED) is 0.879. The molecule has 2 heteroatoms. The lowest BCUT2D eigenvalue weighted by atomic mass is 9.99. The average Bonchev–Trinajstić information content (AvgIpc) is 2.94. The molecule has 2 heterocycles. The van der Waals surface area contributed by atoms with Crippen LogP contribution in [0.3, 0.4) is 0 Å². The first-order valence-electron chi connectivity index (χ1n) is 7.31. The van der Waals surface area contributed by atoms with Gasteiger partial charge in [0.15, 0.2) is 0 Å². The smallest absolute Gasteiger partial charge is 0.0297 e. The van der Waals surface area contributed by atoms with Crippen molar-refractivity contribution in [1.82, 2.24) is 10.2 Å². The number of hydrogen-bond donors (Lipinski definition) is 1. The Morgan fingerprint density at radius 3 is 2.89 bits per heavy atom. The van der Waals surface area contributed by atoms with Gasteiger partial charge in [0.25, 0.3) is 0 Å². The largest absolute Gasteiger partial charge is 0.306 e. The van der Waals surface area contributed by atoms with Gasteiger partial charge in [-0.3, -0.25) is 4.90 Å². The monoisotopic (exact) mass is 244 g/mol. The van der Waals surface area contributed by atoms with Crippen LogP contribution in [0.2, 0.25) is 0 Å². The Hall–Kier alpha value is -0.860. The zero-order valence-corrected chi connectivity index (χ0v) is 11.5. The fourth-order valence-electron chi connectivity index (χ4n) is 3.76. The Bertz CT molecular complexity index is 415. The van der Waals surface area contributed by atoms with Gasteiger partial charge >= 0.3 is 0 Å². The van der Waals surface area contributed by atoms with E-state index in [0.29, 0.717) is 12.1 Å². The van der Waals surface area contributed by atoms with Gasteiger partial charge in [0.05, 0.1) is 0 Å². The maximum absolute atomic E-state index is 3.87. The number of nitrogens with zero attached hydrogens (tertiary/aromatic N) is 1. The Balaban J connectivity index is 1.68. The molecule has 2 aliphatic heterocycles. The minimum absolute atomic E-state index is 0.469. The lowest BCUT2D eigenvalue weighted by Gasteiger charge is -2.26. The fourth-order valence-corrected chi connectivity index (χ4v) is 3.76. The van der Waals surface area contributed by atoms with Gasteiger partial charge in [-0.1, -0.05) is 24.3 Å². The summed E-state index contributed by atoms with van der Waals surface area (Å²) in [7, 11) is 0. The molecule has 3 rings (SSSR count). The minimum atomic E-state index is 0.469. The van der Waals surface area contributed by atoms with Crippen LogP contribution in [-0.4, -0.2) is 30.1 Å². The molecule has 0 spiro atoms. The van der Waals surface area contributed by atoms with Crippen molar-refractivity contribution in [2.75, 3.05) is 13.1 Å². The molecule has 2 fully saturated rings. The highest BCUT2D eigenvalue weighted by Gasteiger charge is 2.37. The molecule has 0 aliphatic carbocycles. The van der Waals surface area contributed by atoms with Crippen LogP contribution in [0.25, 0.3) is 0 Å². The summed E-state index contributed by atoms with van der Waals surface area (Å²) in [5.74, 6) is 0. The van der Waals surface area contributed by atoms with Crippen LogP contribution in [0, 0.1) is 6.92 Å². The molecule has 18 heavy (non-hydrogen) atoms. The Morgan fingerprint density at radius 1 is 1.22 bits per heavy atom. The first-order chi connectivity index (χ1) is 8.75. The second-order valence-corrected chi connectivity index (χ2v) is 5.89.